The Morgan fingerprint density at radius 3 is 2.65 bits per heavy atom. The van der Waals surface area contributed by atoms with Gasteiger partial charge in [-0.3, -0.25) is 0 Å². The molecule has 0 spiro atoms. The molecule has 0 bridgehead atoms. The Labute approximate surface area is 119 Å². The van der Waals surface area contributed by atoms with Crippen LogP contribution in [0.2, 0.25) is 0 Å². The molecule has 3 nitrogen and oxygen atoms in total. The fourth-order valence-electron chi connectivity index (χ4n) is 2.44. The van der Waals surface area contributed by atoms with Gasteiger partial charge in [-0.1, -0.05) is 35.9 Å². The third-order valence-corrected chi connectivity index (χ3v) is 3.55. The zero-order valence-electron chi connectivity index (χ0n) is 11.9. The minimum atomic E-state index is 0.924. The first-order chi connectivity index (χ1) is 9.79. The summed E-state index contributed by atoms with van der Waals surface area (Å²) in [6, 6.07) is 14.8. The van der Waals surface area contributed by atoms with E-state index in [1.807, 2.05) is 7.05 Å². The summed E-state index contributed by atoms with van der Waals surface area (Å²) in [5, 5.41) is 3.18. The highest BCUT2D eigenvalue weighted by atomic mass is 15.0. The molecule has 0 saturated heterocycles. The fraction of sp³-hybridized carbons (Fsp3) is 0.235. The maximum atomic E-state index is 4.85. The molecule has 3 rings (SSSR count). The van der Waals surface area contributed by atoms with Crippen LogP contribution in [0.1, 0.15) is 11.4 Å². The van der Waals surface area contributed by atoms with Gasteiger partial charge in [-0.25, -0.2) is 4.98 Å². The number of fused-ring (bicyclic) bond motifs is 1. The number of pyridine rings is 1. The lowest BCUT2D eigenvalue weighted by Crippen LogP contribution is -2.12. The number of nitrogens with zero attached hydrogens (tertiary/aromatic N) is 2. The van der Waals surface area contributed by atoms with Crippen molar-refractivity contribution in [1.82, 2.24) is 14.7 Å². The van der Waals surface area contributed by atoms with Crippen LogP contribution in [-0.2, 0) is 6.42 Å². The molecule has 102 valence electrons. The lowest BCUT2D eigenvalue weighted by Gasteiger charge is -2.00. The average Bonchev–Trinajstić information content (AvgIpc) is 2.85. The number of nitrogens with one attached hydrogen (secondary N) is 1. The van der Waals surface area contributed by atoms with E-state index in [2.05, 4.69) is 65.3 Å². The van der Waals surface area contributed by atoms with E-state index in [9.17, 15) is 0 Å². The van der Waals surface area contributed by atoms with E-state index in [1.165, 1.54) is 16.6 Å². The van der Waals surface area contributed by atoms with Gasteiger partial charge in [-0.2, -0.15) is 0 Å². The third-order valence-electron chi connectivity index (χ3n) is 3.55. The molecule has 0 fully saturated rings. The number of imidazole rings is 1. The van der Waals surface area contributed by atoms with Crippen molar-refractivity contribution in [2.45, 2.75) is 13.3 Å². The van der Waals surface area contributed by atoms with E-state index >= 15 is 0 Å². The Bertz CT molecular complexity index is 711. The third kappa shape index (κ3) is 2.32. The number of hydrogen-bond donors (Lipinski definition) is 1. The van der Waals surface area contributed by atoms with Gasteiger partial charge >= 0.3 is 0 Å². The van der Waals surface area contributed by atoms with Gasteiger partial charge in [0.25, 0.3) is 0 Å². The van der Waals surface area contributed by atoms with Gasteiger partial charge in [0.05, 0.1) is 11.2 Å². The molecule has 0 aliphatic rings. The van der Waals surface area contributed by atoms with Crippen molar-refractivity contribution >= 4 is 5.52 Å². The van der Waals surface area contributed by atoms with Gasteiger partial charge in [-0.15, -0.1) is 0 Å². The molecule has 0 aliphatic heterocycles. The summed E-state index contributed by atoms with van der Waals surface area (Å²) < 4.78 is 2.19. The van der Waals surface area contributed by atoms with Gasteiger partial charge in [-0.05, 0) is 26.1 Å². The SMILES string of the molecule is CNCCc1nc(-c2ccc(C)cc2)c2ccccn12. The maximum absolute atomic E-state index is 4.85. The van der Waals surface area contributed by atoms with E-state index in [0.717, 1.165) is 24.5 Å². The quantitative estimate of drug-likeness (QED) is 0.785. The van der Waals surface area contributed by atoms with Gasteiger partial charge in [0.15, 0.2) is 0 Å². The predicted octanol–water partition coefficient (Wildman–Crippen LogP) is 3.07. The summed E-state index contributed by atoms with van der Waals surface area (Å²) in [6.45, 7) is 3.04. The summed E-state index contributed by atoms with van der Waals surface area (Å²) >= 11 is 0. The number of likely N-dealkylation sites (N-methyl/N-ethyl adjacent to an activating group) is 1. The van der Waals surface area contributed by atoms with Crippen molar-refractivity contribution in [3.63, 3.8) is 0 Å². The molecular weight excluding hydrogens is 246 g/mol. The van der Waals surface area contributed by atoms with Gasteiger partial charge in [0.2, 0.25) is 0 Å². The highest BCUT2D eigenvalue weighted by Gasteiger charge is 2.11. The molecule has 20 heavy (non-hydrogen) atoms. The molecule has 2 heterocycles. The number of benzene rings is 1. The monoisotopic (exact) mass is 265 g/mol. The van der Waals surface area contributed by atoms with Crippen molar-refractivity contribution in [2.75, 3.05) is 13.6 Å². The number of aromatic nitrogens is 2. The molecule has 3 aromatic rings. The Morgan fingerprint density at radius 2 is 1.90 bits per heavy atom. The predicted molar refractivity (Wildman–Crippen MR) is 83.0 cm³/mol. The van der Waals surface area contributed by atoms with E-state index in [1.54, 1.807) is 0 Å². The number of hydrogen-bond acceptors (Lipinski definition) is 2. The standard InChI is InChI=1S/C17H19N3/c1-13-6-8-14(9-7-13)17-15-5-3-4-12-20(15)16(19-17)10-11-18-2/h3-9,12,18H,10-11H2,1-2H3. The van der Waals surface area contributed by atoms with Gasteiger partial charge < -0.3 is 9.72 Å². The summed E-state index contributed by atoms with van der Waals surface area (Å²) in [6.07, 6.45) is 3.01. The van der Waals surface area contributed by atoms with Crippen LogP contribution in [0.3, 0.4) is 0 Å². The largest absolute Gasteiger partial charge is 0.319 e. The highest BCUT2D eigenvalue weighted by Crippen LogP contribution is 2.25. The topological polar surface area (TPSA) is 29.3 Å². The van der Waals surface area contributed by atoms with Crippen molar-refractivity contribution in [1.29, 1.82) is 0 Å². The Balaban J connectivity index is 2.13. The van der Waals surface area contributed by atoms with E-state index in [-0.39, 0.29) is 0 Å². The molecule has 0 aliphatic carbocycles. The van der Waals surface area contributed by atoms with Crippen LogP contribution in [0.4, 0.5) is 0 Å². The van der Waals surface area contributed by atoms with Crippen molar-refractivity contribution in [2.24, 2.45) is 0 Å². The molecule has 2 aromatic heterocycles. The summed E-state index contributed by atoms with van der Waals surface area (Å²) in [4.78, 5) is 4.85. The van der Waals surface area contributed by atoms with Gasteiger partial charge in [0, 0.05) is 24.7 Å². The zero-order valence-corrected chi connectivity index (χ0v) is 11.9. The molecule has 0 unspecified atom stereocenters. The summed E-state index contributed by atoms with van der Waals surface area (Å²) in [5.74, 6) is 1.10. The highest BCUT2D eigenvalue weighted by molar-refractivity contribution is 5.77. The van der Waals surface area contributed by atoms with E-state index < -0.39 is 0 Å². The lowest BCUT2D eigenvalue weighted by molar-refractivity contribution is 0.753. The minimum absolute atomic E-state index is 0.924. The second-order valence-corrected chi connectivity index (χ2v) is 5.05. The lowest BCUT2D eigenvalue weighted by atomic mass is 10.1. The van der Waals surface area contributed by atoms with Crippen LogP contribution in [0.25, 0.3) is 16.8 Å². The van der Waals surface area contributed by atoms with E-state index in [0.29, 0.717) is 0 Å². The molecule has 1 aromatic carbocycles. The number of rotatable bonds is 4. The first kappa shape index (κ1) is 12.9. The van der Waals surface area contributed by atoms with Crippen LogP contribution in [-0.4, -0.2) is 23.0 Å². The molecule has 0 saturated carbocycles. The molecule has 1 N–H and O–H groups in total. The van der Waals surface area contributed by atoms with Crippen LogP contribution >= 0.6 is 0 Å². The van der Waals surface area contributed by atoms with Crippen molar-refractivity contribution in [3.05, 3.63) is 60.0 Å². The molecular formula is C17H19N3. The molecule has 0 amide bonds. The summed E-state index contributed by atoms with van der Waals surface area (Å²) in [5.41, 5.74) is 4.68. The zero-order chi connectivity index (χ0) is 13.9. The molecule has 3 heteroatoms. The first-order valence-corrected chi connectivity index (χ1v) is 6.97. The smallest absolute Gasteiger partial charge is 0.115 e. The normalized spacial score (nSPS) is 11.1. The molecule has 0 radical (unpaired) electrons. The van der Waals surface area contributed by atoms with Crippen LogP contribution in [0, 0.1) is 6.92 Å². The molecule has 0 atom stereocenters. The Hall–Kier alpha value is -2.13. The maximum Gasteiger partial charge on any atom is 0.115 e. The first-order valence-electron chi connectivity index (χ1n) is 6.97. The van der Waals surface area contributed by atoms with Crippen molar-refractivity contribution < 1.29 is 0 Å². The fourth-order valence-corrected chi connectivity index (χ4v) is 2.44. The average molecular weight is 265 g/mol. The Kier molecular flexibility index (Phi) is 3.52. The van der Waals surface area contributed by atoms with Crippen LogP contribution in [0.15, 0.2) is 48.7 Å². The minimum Gasteiger partial charge on any atom is -0.319 e. The van der Waals surface area contributed by atoms with Crippen LogP contribution in [0.5, 0.6) is 0 Å². The van der Waals surface area contributed by atoms with E-state index in [4.69, 9.17) is 4.98 Å². The Morgan fingerprint density at radius 1 is 1.10 bits per heavy atom. The van der Waals surface area contributed by atoms with Crippen LogP contribution < -0.4 is 5.32 Å². The number of aryl methyl sites for hydroxylation is 1. The summed E-state index contributed by atoms with van der Waals surface area (Å²) in [7, 11) is 1.97. The second kappa shape index (κ2) is 5.47. The second-order valence-electron chi connectivity index (χ2n) is 5.05. The van der Waals surface area contributed by atoms with Gasteiger partial charge in [0.1, 0.15) is 5.82 Å². The van der Waals surface area contributed by atoms with Crippen molar-refractivity contribution in [3.8, 4) is 11.3 Å².